The van der Waals surface area contributed by atoms with Crippen LogP contribution in [0.15, 0.2) is 36.5 Å². The van der Waals surface area contributed by atoms with Gasteiger partial charge in [0.25, 0.3) is 5.78 Å². The number of carbonyl (C=O) groups is 1. The number of rotatable bonds is 3. The average Bonchev–Trinajstić information content (AvgIpc) is 2.19. The second kappa shape index (κ2) is 5.03. The molecule has 1 aromatic carbocycles. The highest BCUT2D eigenvalue weighted by Crippen LogP contribution is 2.20. The Labute approximate surface area is 94.7 Å². The minimum Gasteiger partial charge on any atom is -0.360 e. The third-order valence-electron chi connectivity index (χ3n) is 1.63. The Bertz CT molecular complexity index is 415. The standard InChI is InChI=1S/C10H7ClF3NO/c11-7-3-1-2-4-8(7)15-6-5-9(16)10(12,13)14/h1-6,15H. The number of allylic oxidation sites excluding steroid dienone is 1. The predicted octanol–water partition coefficient (Wildman–Crippen LogP) is 3.40. The third kappa shape index (κ3) is 3.58. The van der Waals surface area contributed by atoms with E-state index in [0.29, 0.717) is 16.8 Å². The van der Waals surface area contributed by atoms with Crippen LogP contribution < -0.4 is 5.32 Å². The molecule has 0 aromatic heterocycles. The molecular weight excluding hydrogens is 243 g/mol. The fourth-order valence-corrected chi connectivity index (χ4v) is 1.07. The molecule has 0 bridgehead atoms. The van der Waals surface area contributed by atoms with Gasteiger partial charge in [0.2, 0.25) is 0 Å². The van der Waals surface area contributed by atoms with Crippen molar-refractivity contribution in [2.75, 3.05) is 5.32 Å². The van der Waals surface area contributed by atoms with Crippen molar-refractivity contribution in [3.8, 4) is 0 Å². The number of ketones is 1. The average molecular weight is 250 g/mol. The highest BCUT2D eigenvalue weighted by molar-refractivity contribution is 6.33. The molecule has 0 fully saturated rings. The van der Waals surface area contributed by atoms with Crippen LogP contribution in [0.5, 0.6) is 0 Å². The number of alkyl halides is 3. The van der Waals surface area contributed by atoms with Gasteiger partial charge < -0.3 is 5.32 Å². The Morgan fingerprint density at radius 1 is 1.31 bits per heavy atom. The molecule has 0 saturated carbocycles. The lowest BCUT2D eigenvalue weighted by molar-refractivity contribution is -0.165. The van der Waals surface area contributed by atoms with Gasteiger partial charge >= 0.3 is 6.18 Å². The van der Waals surface area contributed by atoms with Crippen molar-refractivity contribution in [1.29, 1.82) is 0 Å². The fourth-order valence-electron chi connectivity index (χ4n) is 0.880. The predicted molar refractivity (Wildman–Crippen MR) is 55.3 cm³/mol. The Balaban J connectivity index is 2.62. The molecular formula is C10H7ClF3NO. The fraction of sp³-hybridized carbons (Fsp3) is 0.100. The van der Waals surface area contributed by atoms with Crippen LogP contribution in [-0.4, -0.2) is 12.0 Å². The van der Waals surface area contributed by atoms with E-state index in [-0.39, 0.29) is 0 Å². The number of nitrogens with one attached hydrogen (secondary N) is 1. The van der Waals surface area contributed by atoms with Gasteiger partial charge in [-0.1, -0.05) is 23.7 Å². The molecule has 0 heterocycles. The second-order valence-electron chi connectivity index (χ2n) is 2.82. The van der Waals surface area contributed by atoms with Crippen molar-refractivity contribution in [1.82, 2.24) is 0 Å². The van der Waals surface area contributed by atoms with E-state index in [1.165, 1.54) is 0 Å². The lowest BCUT2D eigenvalue weighted by Crippen LogP contribution is -2.20. The van der Waals surface area contributed by atoms with Crippen LogP contribution >= 0.6 is 11.6 Å². The molecule has 1 rings (SSSR count). The van der Waals surface area contributed by atoms with Gasteiger partial charge in [0.1, 0.15) is 0 Å². The SMILES string of the molecule is O=C(C=CNc1ccccc1Cl)C(F)(F)F. The van der Waals surface area contributed by atoms with Crippen molar-refractivity contribution < 1.29 is 18.0 Å². The van der Waals surface area contributed by atoms with Crippen LogP contribution in [0.25, 0.3) is 0 Å². The maximum Gasteiger partial charge on any atom is 0.454 e. The molecule has 0 aliphatic heterocycles. The minimum atomic E-state index is -4.85. The van der Waals surface area contributed by atoms with Gasteiger partial charge in [-0.15, -0.1) is 0 Å². The summed E-state index contributed by atoms with van der Waals surface area (Å²) in [6.07, 6.45) is -3.54. The first-order valence-corrected chi connectivity index (χ1v) is 4.58. The van der Waals surface area contributed by atoms with Crippen molar-refractivity contribution >= 4 is 23.1 Å². The van der Waals surface area contributed by atoms with Crippen molar-refractivity contribution in [3.05, 3.63) is 41.6 Å². The van der Waals surface area contributed by atoms with E-state index in [1.807, 2.05) is 0 Å². The molecule has 1 aromatic rings. The molecule has 1 N–H and O–H groups in total. The lowest BCUT2D eigenvalue weighted by atomic mass is 10.3. The molecule has 0 aliphatic rings. The number of para-hydroxylation sites is 1. The molecule has 16 heavy (non-hydrogen) atoms. The van der Waals surface area contributed by atoms with Gasteiger partial charge in [-0.25, -0.2) is 0 Å². The molecule has 0 atom stereocenters. The summed E-state index contributed by atoms with van der Waals surface area (Å²) in [7, 11) is 0. The first kappa shape index (κ1) is 12.6. The Hall–Kier alpha value is -1.49. The first-order chi connectivity index (χ1) is 7.41. The van der Waals surface area contributed by atoms with Crippen LogP contribution in [0.3, 0.4) is 0 Å². The number of halogens is 4. The number of benzene rings is 1. The summed E-state index contributed by atoms with van der Waals surface area (Å²) in [4.78, 5) is 10.5. The molecule has 6 heteroatoms. The summed E-state index contributed by atoms with van der Waals surface area (Å²) in [6.45, 7) is 0. The largest absolute Gasteiger partial charge is 0.454 e. The summed E-state index contributed by atoms with van der Waals surface area (Å²) in [5.74, 6) is -1.92. The van der Waals surface area contributed by atoms with Crippen molar-refractivity contribution in [3.63, 3.8) is 0 Å². The summed E-state index contributed by atoms with van der Waals surface area (Å²) < 4.78 is 35.4. The maximum atomic E-state index is 11.8. The summed E-state index contributed by atoms with van der Waals surface area (Å²) in [5.41, 5.74) is 0.426. The first-order valence-electron chi connectivity index (χ1n) is 4.20. The number of carbonyl (C=O) groups excluding carboxylic acids is 1. The highest BCUT2D eigenvalue weighted by Gasteiger charge is 2.35. The normalized spacial score (nSPS) is 11.8. The molecule has 0 aliphatic carbocycles. The molecule has 0 saturated heterocycles. The van der Waals surface area contributed by atoms with Crippen LogP contribution in [0.1, 0.15) is 0 Å². The van der Waals surface area contributed by atoms with Gasteiger partial charge in [0.15, 0.2) is 0 Å². The van der Waals surface area contributed by atoms with Gasteiger partial charge in [-0.05, 0) is 12.1 Å². The molecule has 0 spiro atoms. The summed E-state index contributed by atoms with van der Waals surface area (Å²) in [5, 5.41) is 2.84. The zero-order valence-electron chi connectivity index (χ0n) is 7.88. The Kier molecular flexibility index (Phi) is 3.95. The van der Waals surface area contributed by atoms with E-state index >= 15 is 0 Å². The van der Waals surface area contributed by atoms with Crippen LogP contribution in [0.4, 0.5) is 18.9 Å². The van der Waals surface area contributed by atoms with E-state index in [9.17, 15) is 18.0 Å². The van der Waals surface area contributed by atoms with Crippen molar-refractivity contribution in [2.24, 2.45) is 0 Å². The van der Waals surface area contributed by atoms with E-state index < -0.39 is 12.0 Å². The topological polar surface area (TPSA) is 29.1 Å². The molecule has 0 radical (unpaired) electrons. The van der Waals surface area contributed by atoms with Crippen LogP contribution in [-0.2, 0) is 4.79 Å². The monoisotopic (exact) mass is 249 g/mol. The minimum absolute atomic E-state index is 0.353. The van der Waals surface area contributed by atoms with Crippen LogP contribution in [0, 0.1) is 0 Å². The number of hydrogen-bond donors (Lipinski definition) is 1. The zero-order chi connectivity index (χ0) is 12.2. The quantitative estimate of drug-likeness (QED) is 0.832. The van der Waals surface area contributed by atoms with Gasteiger partial charge in [0.05, 0.1) is 10.7 Å². The van der Waals surface area contributed by atoms with Gasteiger partial charge in [0, 0.05) is 12.3 Å². The Morgan fingerprint density at radius 2 is 1.94 bits per heavy atom. The zero-order valence-corrected chi connectivity index (χ0v) is 8.64. The lowest BCUT2D eigenvalue weighted by Gasteiger charge is -2.03. The van der Waals surface area contributed by atoms with Crippen molar-refractivity contribution in [2.45, 2.75) is 6.18 Å². The third-order valence-corrected chi connectivity index (χ3v) is 1.96. The van der Waals surface area contributed by atoms with E-state index in [4.69, 9.17) is 11.6 Å². The molecule has 86 valence electrons. The molecule has 0 amide bonds. The number of hydrogen-bond acceptors (Lipinski definition) is 2. The van der Waals surface area contributed by atoms with E-state index in [1.54, 1.807) is 24.3 Å². The molecule has 0 unspecified atom stereocenters. The smallest absolute Gasteiger partial charge is 0.360 e. The van der Waals surface area contributed by atoms with Gasteiger partial charge in [-0.2, -0.15) is 13.2 Å². The van der Waals surface area contributed by atoms with Gasteiger partial charge in [-0.3, -0.25) is 4.79 Å². The summed E-state index contributed by atoms with van der Waals surface area (Å²) in [6, 6.07) is 6.49. The van der Waals surface area contributed by atoms with E-state index in [0.717, 1.165) is 6.20 Å². The molecule has 2 nitrogen and oxygen atoms in total. The Morgan fingerprint density at radius 3 is 2.50 bits per heavy atom. The van der Waals surface area contributed by atoms with Crippen LogP contribution in [0.2, 0.25) is 5.02 Å². The number of anilines is 1. The highest BCUT2D eigenvalue weighted by atomic mass is 35.5. The van der Waals surface area contributed by atoms with E-state index in [2.05, 4.69) is 5.32 Å². The summed E-state index contributed by atoms with van der Waals surface area (Å²) >= 11 is 5.73. The maximum absolute atomic E-state index is 11.8. The second-order valence-corrected chi connectivity index (χ2v) is 3.23.